The van der Waals surface area contributed by atoms with Crippen LogP contribution in [0.25, 0.3) is 0 Å². The number of ether oxygens (including phenoxy) is 3. The fourth-order valence-corrected chi connectivity index (χ4v) is 3.00. The summed E-state index contributed by atoms with van der Waals surface area (Å²) in [5.41, 5.74) is 1.18. The Balaban J connectivity index is 2.20. The van der Waals surface area contributed by atoms with Crippen LogP contribution < -0.4 is 19.5 Å². The molecule has 1 N–H and O–H groups in total. The average Bonchev–Trinajstić information content (AvgIpc) is 2.50. The Morgan fingerprint density at radius 2 is 1.91 bits per heavy atom. The van der Waals surface area contributed by atoms with E-state index in [4.69, 9.17) is 25.8 Å². The van der Waals surface area contributed by atoms with Crippen molar-refractivity contribution in [3.63, 3.8) is 0 Å². The molecule has 0 atom stereocenters. The molecule has 0 bridgehead atoms. The van der Waals surface area contributed by atoms with Gasteiger partial charge in [-0.05, 0) is 52.7 Å². The third-order valence-corrected chi connectivity index (χ3v) is 3.84. The second kappa shape index (κ2) is 7.57. The number of anilines is 1. The van der Waals surface area contributed by atoms with E-state index in [1.54, 1.807) is 37.3 Å². The number of aryl methyl sites for hydroxylation is 1. The minimum absolute atomic E-state index is 0.397. The maximum atomic E-state index is 12.2. The molecule has 0 aliphatic heterocycles. The van der Waals surface area contributed by atoms with E-state index in [0.29, 0.717) is 32.4 Å². The molecule has 2 rings (SSSR count). The summed E-state index contributed by atoms with van der Waals surface area (Å²) in [4.78, 5) is 12.2. The zero-order valence-electron chi connectivity index (χ0n) is 12.8. The normalized spacial score (nSPS) is 10.1. The molecule has 0 fully saturated rings. The topological polar surface area (TPSA) is 56.8 Å². The van der Waals surface area contributed by atoms with Crippen LogP contribution in [0.15, 0.2) is 34.8 Å². The number of benzene rings is 2. The van der Waals surface area contributed by atoms with Crippen molar-refractivity contribution in [2.45, 2.75) is 6.92 Å². The van der Waals surface area contributed by atoms with Crippen molar-refractivity contribution in [3.05, 3.63) is 45.4 Å². The number of hydrogen-bond acceptors (Lipinski definition) is 4. The van der Waals surface area contributed by atoms with E-state index in [-0.39, 0.29) is 0 Å². The van der Waals surface area contributed by atoms with Crippen molar-refractivity contribution in [2.24, 2.45) is 0 Å². The van der Waals surface area contributed by atoms with Crippen LogP contribution in [0.1, 0.15) is 5.56 Å². The highest BCUT2D eigenvalue weighted by molar-refractivity contribution is 9.10. The standard InChI is InChI=1S/C16H15BrClNO4/c1-9-6-10(18)7-12(17)15(9)23-16(20)19-13-8-11(21-2)4-5-14(13)22-3/h4-8H,1-3H3,(H,19,20). The Bertz CT molecular complexity index is 713. The molecule has 0 saturated carbocycles. The molecular weight excluding hydrogens is 386 g/mol. The Morgan fingerprint density at radius 1 is 1.17 bits per heavy atom. The molecule has 0 spiro atoms. The molecule has 0 aliphatic carbocycles. The van der Waals surface area contributed by atoms with Gasteiger partial charge >= 0.3 is 6.09 Å². The van der Waals surface area contributed by atoms with Gasteiger partial charge in [-0.1, -0.05) is 11.6 Å². The van der Waals surface area contributed by atoms with Crippen LogP contribution in [0.2, 0.25) is 5.02 Å². The Labute approximate surface area is 147 Å². The number of rotatable bonds is 4. The number of methoxy groups -OCH3 is 2. The van der Waals surface area contributed by atoms with E-state index in [9.17, 15) is 4.79 Å². The average molecular weight is 401 g/mol. The van der Waals surface area contributed by atoms with Gasteiger partial charge in [0.2, 0.25) is 0 Å². The van der Waals surface area contributed by atoms with E-state index in [0.717, 1.165) is 5.56 Å². The van der Waals surface area contributed by atoms with E-state index in [1.807, 2.05) is 0 Å². The highest BCUT2D eigenvalue weighted by Crippen LogP contribution is 2.33. The van der Waals surface area contributed by atoms with Crippen LogP contribution in [-0.2, 0) is 0 Å². The Hall–Kier alpha value is -1.92. The lowest BCUT2D eigenvalue weighted by molar-refractivity contribution is 0.214. The van der Waals surface area contributed by atoms with Gasteiger partial charge in [0, 0.05) is 11.1 Å². The quantitative estimate of drug-likeness (QED) is 0.781. The van der Waals surface area contributed by atoms with E-state index in [1.165, 1.54) is 14.2 Å². The predicted octanol–water partition coefficient (Wildman–Crippen LogP) is 5.04. The van der Waals surface area contributed by atoms with Crippen molar-refractivity contribution in [2.75, 3.05) is 19.5 Å². The molecule has 2 aromatic rings. The van der Waals surface area contributed by atoms with Gasteiger partial charge in [0.1, 0.15) is 17.2 Å². The Morgan fingerprint density at radius 3 is 2.52 bits per heavy atom. The number of carbonyl (C=O) groups excluding carboxylic acids is 1. The van der Waals surface area contributed by atoms with Gasteiger partial charge in [-0.2, -0.15) is 0 Å². The van der Waals surface area contributed by atoms with Gasteiger partial charge < -0.3 is 14.2 Å². The van der Waals surface area contributed by atoms with Crippen LogP contribution in [0, 0.1) is 6.92 Å². The highest BCUT2D eigenvalue weighted by Gasteiger charge is 2.14. The molecule has 5 nitrogen and oxygen atoms in total. The summed E-state index contributed by atoms with van der Waals surface area (Å²) in [6, 6.07) is 8.43. The van der Waals surface area contributed by atoms with Crippen LogP contribution in [0.3, 0.4) is 0 Å². The summed E-state index contributed by atoms with van der Waals surface area (Å²) >= 11 is 9.27. The molecule has 2 aromatic carbocycles. The second-order valence-electron chi connectivity index (χ2n) is 4.61. The largest absolute Gasteiger partial charge is 0.497 e. The van der Waals surface area contributed by atoms with E-state index < -0.39 is 6.09 Å². The SMILES string of the molecule is COc1ccc(OC)c(NC(=O)Oc2c(C)cc(Cl)cc2Br)c1. The zero-order chi connectivity index (χ0) is 17.0. The molecule has 0 heterocycles. The molecule has 0 radical (unpaired) electrons. The summed E-state index contributed by atoms with van der Waals surface area (Å²) in [5.74, 6) is 1.48. The van der Waals surface area contributed by atoms with Crippen LogP contribution in [-0.4, -0.2) is 20.3 Å². The minimum Gasteiger partial charge on any atom is -0.497 e. The molecule has 7 heteroatoms. The molecule has 0 unspecified atom stereocenters. The number of halogens is 2. The lowest BCUT2D eigenvalue weighted by atomic mass is 10.2. The number of amides is 1. The summed E-state index contributed by atoms with van der Waals surface area (Å²) in [7, 11) is 3.05. The second-order valence-corrected chi connectivity index (χ2v) is 5.91. The fraction of sp³-hybridized carbons (Fsp3) is 0.188. The third-order valence-electron chi connectivity index (χ3n) is 3.03. The number of carbonyl (C=O) groups is 1. The first-order valence-electron chi connectivity index (χ1n) is 6.61. The predicted molar refractivity (Wildman–Crippen MR) is 93.1 cm³/mol. The van der Waals surface area contributed by atoms with Gasteiger partial charge in [0.05, 0.1) is 24.4 Å². The summed E-state index contributed by atoms with van der Waals surface area (Å²) in [6.45, 7) is 1.80. The first-order chi connectivity index (χ1) is 10.9. The van der Waals surface area contributed by atoms with Crippen molar-refractivity contribution < 1.29 is 19.0 Å². The third kappa shape index (κ3) is 4.30. The van der Waals surface area contributed by atoms with Crippen molar-refractivity contribution in [1.29, 1.82) is 0 Å². The molecule has 122 valence electrons. The maximum Gasteiger partial charge on any atom is 0.417 e. The van der Waals surface area contributed by atoms with Crippen LogP contribution in [0.4, 0.5) is 10.5 Å². The van der Waals surface area contributed by atoms with Crippen molar-refractivity contribution >= 4 is 39.3 Å². The molecule has 1 amide bonds. The number of nitrogens with one attached hydrogen (secondary N) is 1. The smallest absolute Gasteiger partial charge is 0.417 e. The van der Waals surface area contributed by atoms with Gasteiger partial charge in [0.15, 0.2) is 0 Å². The first-order valence-corrected chi connectivity index (χ1v) is 7.78. The molecule has 0 aliphatic rings. The molecule has 0 aromatic heterocycles. The van der Waals surface area contributed by atoms with Crippen molar-refractivity contribution in [3.8, 4) is 17.2 Å². The summed E-state index contributed by atoms with van der Waals surface area (Å²) < 4.78 is 16.3. The zero-order valence-corrected chi connectivity index (χ0v) is 15.1. The fourth-order valence-electron chi connectivity index (χ4n) is 1.96. The van der Waals surface area contributed by atoms with E-state index in [2.05, 4.69) is 21.2 Å². The highest BCUT2D eigenvalue weighted by atomic mass is 79.9. The van der Waals surface area contributed by atoms with Crippen LogP contribution >= 0.6 is 27.5 Å². The lowest BCUT2D eigenvalue weighted by Gasteiger charge is -2.13. The summed E-state index contributed by atoms with van der Waals surface area (Å²) in [5, 5.41) is 3.19. The first kappa shape index (κ1) is 17.4. The Kier molecular flexibility index (Phi) is 5.74. The minimum atomic E-state index is -0.650. The van der Waals surface area contributed by atoms with Crippen LogP contribution in [0.5, 0.6) is 17.2 Å². The van der Waals surface area contributed by atoms with Crippen molar-refractivity contribution in [1.82, 2.24) is 0 Å². The summed E-state index contributed by atoms with van der Waals surface area (Å²) in [6.07, 6.45) is -0.650. The monoisotopic (exact) mass is 399 g/mol. The molecule has 0 saturated heterocycles. The van der Waals surface area contributed by atoms with E-state index >= 15 is 0 Å². The van der Waals surface area contributed by atoms with Gasteiger partial charge in [-0.15, -0.1) is 0 Å². The number of hydrogen-bond donors (Lipinski definition) is 1. The lowest BCUT2D eigenvalue weighted by Crippen LogP contribution is -2.18. The van der Waals surface area contributed by atoms with Gasteiger partial charge in [-0.3, -0.25) is 5.32 Å². The molecular formula is C16H15BrClNO4. The molecule has 23 heavy (non-hydrogen) atoms. The van der Waals surface area contributed by atoms with Gasteiger partial charge in [0.25, 0.3) is 0 Å². The maximum absolute atomic E-state index is 12.2. The van der Waals surface area contributed by atoms with Gasteiger partial charge in [-0.25, -0.2) is 4.79 Å².